The number of hydrogen-bond donors (Lipinski definition) is 2. The molecule has 1 heterocycles. The monoisotopic (exact) mass is 331 g/mol. The second kappa shape index (κ2) is 6.74. The van der Waals surface area contributed by atoms with Crippen LogP contribution in [-0.2, 0) is 14.8 Å². The van der Waals surface area contributed by atoms with E-state index in [1.165, 1.54) is 24.3 Å². The fourth-order valence-electron chi connectivity index (χ4n) is 2.12. The number of nitrogens with zero attached hydrogens (tertiary/aromatic N) is 1. The maximum Gasteiger partial charge on any atom is 0.241 e. The maximum atomic E-state index is 12.2. The van der Waals surface area contributed by atoms with Gasteiger partial charge >= 0.3 is 0 Å². The number of halogens is 1. The third-order valence-electron chi connectivity index (χ3n) is 3.25. The first-order chi connectivity index (χ1) is 9.90. The minimum Gasteiger partial charge on any atom is -0.339 e. The molecule has 0 saturated carbocycles. The van der Waals surface area contributed by atoms with Gasteiger partial charge < -0.3 is 10.2 Å². The average molecular weight is 332 g/mol. The van der Waals surface area contributed by atoms with Gasteiger partial charge in [-0.1, -0.05) is 11.6 Å². The first kappa shape index (κ1) is 16.2. The molecule has 1 atom stereocenters. The number of amides is 1. The number of nitrogens with one attached hydrogen (secondary N) is 2. The molecule has 0 aromatic heterocycles. The maximum absolute atomic E-state index is 12.2. The zero-order valence-corrected chi connectivity index (χ0v) is 13.2. The summed E-state index contributed by atoms with van der Waals surface area (Å²) < 4.78 is 26.8. The molecule has 1 aromatic carbocycles. The molecule has 1 aliphatic rings. The standard InChI is InChI=1S/C13H18ClN3O3S/c1-10(13(18)17-8-6-15-7-9-17)16-21(19,20)12-4-2-11(14)3-5-12/h2-5,10,15-16H,6-9H2,1H3. The molecule has 2 N–H and O–H groups in total. The third kappa shape index (κ3) is 4.16. The van der Waals surface area contributed by atoms with Crippen molar-refractivity contribution in [3.8, 4) is 0 Å². The molecule has 0 bridgehead atoms. The average Bonchev–Trinajstić information content (AvgIpc) is 2.47. The van der Waals surface area contributed by atoms with Gasteiger partial charge in [-0.05, 0) is 31.2 Å². The van der Waals surface area contributed by atoms with Gasteiger partial charge in [-0.25, -0.2) is 8.42 Å². The molecule has 21 heavy (non-hydrogen) atoms. The largest absolute Gasteiger partial charge is 0.339 e. The Hall–Kier alpha value is -1.15. The van der Waals surface area contributed by atoms with E-state index in [2.05, 4.69) is 10.0 Å². The lowest BCUT2D eigenvalue weighted by molar-refractivity contribution is -0.133. The molecule has 1 fully saturated rings. The summed E-state index contributed by atoms with van der Waals surface area (Å²) in [6.45, 7) is 4.18. The Bertz CT molecular complexity index is 598. The summed E-state index contributed by atoms with van der Waals surface area (Å²) in [6.07, 6.45) is 0. The predicted octanol–water partition coefficient (Wildman–Crippen LogP) is 0.439. The van der Waals surface area contributed by atoms with Crippen molar-refractivity contribution < 1.29 is 13.2 Å². The Morgan fingerprint density at radius 1 is 1.29 bits per heavy atom. The fourth-order valence-corrected chi connectivity index (χ4v) is 3.45. The van der Waals surface area contributed by atoms with E-state index in [1.54, 1.807) is 11.8 Å². The number of hydrogen-bond acceptors (Lipinski definition) is 4. The molecule has 1 saturated heterocycles. The lowest BCUT2D eigenvalue weighted by atomic mass is 10.2. The normalized spacial score (nSPS) is 17.5. The van der Waals surface area contributed by atoms with Crippen molar-refractivity contribution in [2.75, 3.05) is 26.2 Å². The first-order valence-corrected chi connectivity index (χ1v) is 8.54. The molecule has 0 radical (unpaired) electrons. The van der Waals surface area contributed by atoms with E-state index in [9.17, 15) is 13.2 Å². The molecule has 116 valence electrons. The van der Waals surface area contributed by atoms with Crippen LogP contribution in [0.15, 0.2) is 29.2 Å². The van der Waals surface area contributed by atoms with Gasteiger partial charge in [0.05, 0.1) is 10.9 Å². The van der Waals surface area contributed by atoms with Gasteiger partial charge in [-0.15, -0.1) is 0 Å². The Morgan fingerprint density at radius 3 is 2.43 bits per heavy atom. The van der Waals surface area contributed by atoms with Crippen molar-refractivity contribution in [2.45, 2.75) is 17.9 Å². The highest BCUT2D eigenvalue weighted by Gasteiger charge is 2.26. The molecule has 1 aliphatic heterocycles. The van der Waals surface area contributed by atoms with Gasteiger partial charge in [0, 0.05) is 31.2 Å². The van der Waals surface area contributed by atoms with Crippen LogP contribution < -0.4 is 10.0 Å². The van der Waals surface area contributed by atoms with Crippen molar-refractivity contribution in [3.63, 3.8) is 0 Å². The van der Waals surface area contributed by atoms with E-state index in [0.717, 1.165) is 13.1 Å². The van der Waals surface area contributed by atoms with Crippen LogP contribution in [-0.4, -0.2) is 51.4 Å². The van der Waals surface area contributed by atoms with Crippen LogP contribution in [0.3, 0.4) is 0 Å². The molecular formula is C13H18ClN3O3S. The van der Waals surface area contributed by atoms with Crippen LogP contribution in [0.5, 0.6) is 0 Å². The second-order valence-electron chi connectivity index (χ2n) is 4.87. The SMILES string of the molecule is CC(NS(=O)(=O)c1ccc(Cl)cc1)C(=O)N1CCNCC1. The van der Waals surface area contributed by atoms with Crippen LogP contribution >= 0.6 is 11.6 Å². The van der Waals surface area contributed by atoms with Gasteiger partial charge in [0.25, 0.3) is 0 Å². The van der Waals surface area contributed by atoms with Crippen molar-refractivity contribution in [2.24, 2.45) is 0 Å². The van der Waals surface area contributed by atoms with Gasteiger partial charge in [0.2, 0.25) is 15.9 Å². The van der Waals surface area contributed by atoms with Crippen LogP contribution in [0.4, 0.5) is 0 Å². The van der Waals surface area contributed by atoms with E-state index in [1.807, 2.05) is 0 Å². The summed E-state index contributed by atoms with van der Waals surface area (Å²) in [6, 6.07) is 5.01. The molecule has 0 aliphatic carbocycles. The van der Waals surface area contributed by atoms with Crippen molar-refractivity contribution in [1.82, 2.24) is 14.9 Å². The van der Waals surface area contributed by atoms with Crippen molar-refractivity contribution in [3.05, 3.63) is 29.3 Å². The number of piperazine rings is 1. The zero-order chi connectivity index (χ0) is 15.5. The Kier molecular flexibility index (Phi) is 5.21. The highest BCUT2D eigenvalue weighted by Crippen LogP contribution is 2.14. The zero-order valence-electron chi connectivity index (χ0n) is 11.7. The smallest absolute Gasteiger partial charge is 0.241 e. The number of sulfonamides is 1. The molecule has 1 aromatic rings. The lowest BCUT2D eigenvalue weighted by Gasteiger charge is -2.29. The molecule has 1 unspecified atom stereocenters. The van der Waals surface area contributed by atoms with Crippen LogP contribution in [0.25, 0.3) is 0 Å². The highest BCUT2D eigenvalue weighted by molar-refractivity contribution is 7.89. The molecule has 8 heteroatoms. The molecule has 1 amide bonds. The Morgan fingerprint density at radius 2 is 1.86 bits per heavy atom. The van der Waals surface area contributed by atoms with E-state index < -0.39 is 16.1 Å². The molecule has 2 rings (SSSR count). The van der Waals surface area contributed by atoms with Gasteiger partial charge in [0.1, 0.15) is 0 Å². The summed E-state index contributed by atoms with van der Waals surface area (Å²) in [5, 5.41) is 3.60. The molecular weight excluding hydrogens is 314 g/mol. The van der Waals surface area contributed by atoms with Gasteiger partial charge in [-0.2, -0.15) is 4.72 Å². The lowest BCUT2D eigenvalue weighted by Crippen LogP contribution is -2.53. The van der Waals surface area contributed by atoms with Gasteiger partial charge in [0.15, 0.2) is 0 Å². The number of rotatable bonds is 4. The van der Waals surface area contributed by atoms with E-state index >= 15 is 0 Å². The Labute approximate surface area is 129 Å². The van der Waals surface area contributed by atoms with E-state index in [-0.39, 0.29) is 10.8 Å². The summed E-state index contributed by atoms with van der Waals surface area (Å²) in [7, 11) is -3.73. The summed E-state index contributed by atoms with van der Waals surface area (Å²) in [5.74, 6) is -0.214. The van der Waals surface area contributed by atoms with Crippen molar-refractivity contribution >= 4 is 27.5 Å². The quantitative estimate of drug-likeness (QED) is 0.839. The molecule has 0 spiro atoms. The Balaban J connectivity index is 2.05. The van der Waals surface area contributed by atoms with Crippen molar-refractivity contribution in [1.29, 1.82) is 0 Å². The first-order valence-electron chi connectivity index (χ1n) is 6.67. The topological polar surface area (TPSA) is 78.5 Å². The second-order valence-corrected chi connectivity index (χ2v) is 7.02. The third-order valence-corrected chi connectivity index (χ3v) is 5.06. The number of benzene rings is 1. The van der Waals surface area contributed by atoms with Crippen LogP contribution in [0, 0.1) is 0 Å². The summed E-state index contributed by atoms with van der Waals surface area (Å²) in [4.78, 5) is 14.0. The van der Waals surface area contributed by atoms with Crippen LogP contribution in [0.2, 0.25) is 5.02 Å². The predicted molar refractivity (Wildman–Crippen MR) is 80.7 cm³/mol. The fraction of sp³-hybridized carbons (Fsp3) is 0.462. The summed E-state index contributed by atoms with van der Waals surface area (Å²) >= 11 is 5.74. The van der Waals surface area contributed by atoms with E-state index in [4.69, 9.17) is 11.6 Å². The highest BCUT2D eigenvalue weighted by atomic mass is 35.5. The minimum atomic E-state index is -3.73. The van der Waals surface area contributed by atoms with E-state index in [0.29, 0.717) is 18.1 Å². The van der Waals surface area contributed by atoms with Crippen LogP contribution in [0.1, 0.15) is 6.92 Å². The number of carbonyl (C=O) groups excluding carboxylic acids is 1. The van der Waals surface area contributed by atoms with Gasteiger partial charge in [-0.3, -0.25) is 4.79 Å². The summed E-state index contributed by atoms with van der Waals surface area (Å²) in [5.41, 5.74) is 0. The number of carbonyl (C=O) groups is 1. The minimum absolute atomic E-state index is 0.0897. The molecule has 6 nitrogen and oxygen atoms in total.